The molecule has 3 rings (SSSR count). The van der Waals surface area contributed by atoms with Crippen molar-refractivity contribution in [3.8, 4) is 0 Å². The Kier molecular flexibility index (Phi) is 5.74. The molecule has 1 N–H and O–H groups in total. The SMILES string of the molecule is CCNCCP(Br)(c1ccccc1)(c1ccccc1)c1ccccc1. The van der Waals surface area contributed by atoms with Crippen molar-refractivity contribution >= 4 is 36.7 Å². The number of nitrogens with one attached hydrogen (secondary N) is 1. The monoisotopic (exact) mass is 413 g/mol. The zero-order chi connectivity index (χ0) is 17.6. The Labute approximate surface area is 159 Å². The van der Waals surface area contributed by atoms with Crippen LogP contribution in [0.25, 0.3) is 0 Å². The molecule has 0 aliphatic carbocycles. The third-order valence-electron chi connectivity index (χ3n) is 4.84. The van der Waals surface area contributed by atoms with Crippen LogP contribution in [0.2, 0.25) is 0 Å². The summed E-state index contributed by atoms with van der Waals surface area (Å²) in [5, 5.41) is 4.96. The first-order valence-electron chi connectivity index (χ1n) is 8.80. The summed E-state index contributed by atoms with van der Waals surface area (Å²) in [5.41, 5.74) is 0. The van der Waals surface area contributed by atoms with E-state index >= 15 is 0 Å². The van der Waals surface area contributed by atoms with E-state index < -0.39 is 5.31 Å². The van der Waals surface area contributed by atoms with Crippen LogP contribution in [0.15, 0.2) is 91.0 Å². The Morgan fingerprint density at radius 1 is 0.680 bits per heavy atom. The van der Waals surface area contributed by atoms with Crippen LogP contribution in [-0.4, -0.2) is 19.3 Å². The van der Waals surface area contributed by atoms with Crippen molar-refractivity contribution in [2.75, 3.05) is 19.3 Å². The van der Waals surface area contributed by atoms with Crippen molar-refractivity contribution in [1.29, 1.82) is 0 Å². The second kappa shape index (κ2) is 7.83. The van der Waals surface area contributed by atoms with Crippen molar-refractivity contribution in [2.45, 2.75) is 6.92 Å². The molecule has 3 heteroatoms. The van der Waals surface area contributed by atoms with Crippen molar-refractivity contribution in [2.24, 2.45) is 0 Å². The van der Waals surface area contributed by atoms with Gasteiger partial charge in [-0.25, -0.2) is 0 Å². The van der Waals surface area contributed by atoms with Gasteiger partial charge < -0.3 is 0 Å². The fraction of sp³-hybridized carbons (Fsp3) is 0.182. The average Bonchev–Trinajstić information content (AvgIpc) is 2.70. The third kappa shape index (κ3) is 3.31. The van der Waals surface area contributed by atoms with Crippen LogP contribution in [0, 0.1) is 0 Å². The second-order valence-corrected chi connectivity index (χ2v) is 15.3. The quantitative estimate of drug-likeness (QED) is 0.446. The van der Waals surface area contributed by atoms with E-state index in [0.29, 0.717) is 0 Å². The molecule has 0 bridgehead atoms. The Morgan fingerprint density at radius 2 is 1.04 bits per heavy atom. The fourth-order valence-electron chi connectivity index (χ4n) is 3.52. The van der Waals surface area contributed by atoms with Crippen molar-refractivity contribution in [3.63, 3.8) is 0 Å². The van der Waals surface area contributed by atoms with Crippen LogP contribution in [0.4, 0.5) is 0 Å². The first kappa shape index (κ1) is 18.3. The maximum atomic E-state index is 4.44. The molecule has 25 heavy (non-hydrogen) atoms. The summed E-state index contributed by atoms with van der Waals surface area (Å²) in [7, 11) is 0. The fourth-order valence-corrected chi connectivity index (χ4v) is 10.8. The molecule has 0 fully saturated rings. The van der Waals surface area contributed by atoms with Crippen LogP contribution >= 0.6 is 20.8 Å². The predicted octanol–water partition coefficient (Wildman–Crippen LogP) is 4.44. The zero-order valence-electron chi connectivity index (χ0n) is 14.6. The van der Waals surface area contributed by atoms with Gasteiger partial charge in [0.1, 0.15) is 0 Å². The number of hydrogen-bond donors (Lipinski definition) is 1. The molecule has 0 radical (unpaired) electrons. The topological polar surface area (TPSA) is 12.0 Å². The molecule has 130 valence electrons. The molecular weight excluding hydrogens is 389 g/mol. The van der Waals surface area contributed by atoms with Gasteiger partial charge in [-0.15, -0.1) is 0 Å². The van der Waals surface area contributed by atoms with Gasteiger partial charge in [-0.1, -0.05) is 0 Å². The number of halogens is 1. The summed E-state index contributed by atoms with van der Waals surface area (Å²) in [6.07, 6.45) is 1.04. The molecule has 0 spiro atoms. The molecule has 0 saturated carbocycles. The zero-order valence-corrected chi connectivity index (χ0v) is 17.1. The van der Waals surface area contributed by atoms with Gasteiger partial charge in [-0.3, -0.25) is 0 Å². The summed E-state index contributed by atoms with van der Waals surface area (Å²) in [4.78, 5) is 0. The van der Waals surface area contributed by atoms with E-state index in [2.05, 4.69) is 119 Å². The van der Waals surface area contributed by atoms with Crippen LogP contribution in [0.3, 0.4) is 0 Å². The van der Waals surface area contributed by atoms with Crippen LogP contribution < -0.4 is 21.2 Å². The summed E-state index contributed by atoms with van der Waals surface area (Å²) < 4.78 is 0. The van der Waals surface area contributed by atoms with E-state index in [-0.39, 0.29) is 0 Å². The van der Waals surface area contributed by atoms with E-state index in [4.69, 9.17) is 0 Å². The molecule has 3 aromatic rings. The van der Waals surface area contributed by atoms with Crippen LogP contribution in [0.5, 0.6) is 0 Å². The summed E-state index contributed by atoms with van der Waals surface area (Å²) >= 11 is 4.44. The van der Waals surface area contributed by atoms with Crippen molar-refractivity contribution in [3.05, 3.63) is 91.0 Å². The molecule has 0 aliphatic rings. The van der Waals surface area contributed by atoms with Gasteiger partial charge in [0, 0.05) is 0 Å². The average molecular weight is 414 g/mol. The first-order valence-corrected chi connectivity index (χ1v) is 13.2. The van der Waals surface area contributed by atoms with Gasteiger partial charge in [-0.05, 0) is 0 Å². The Bertz CT molecular complexity index is 691. The van der Waals surface area contributed by atoms with E-state index in [1.54, 1.807) is 0 Å². The molecule has 0 amide bonds. The number of benzene rings is 3. The van der Waals surface area contributed by atoms with Crippen LogP contribution in [-0.2, 0) is 0 Å². The van der Waals surface area contributed by atoms with Gasteiger partial charge in [0.2, 0.25) is 0 Å². The van der Waals surface area contributed by atoms with E-state index in [0.717, 1.165) is 19.3 Å². The van der Waals surface area contributed by atoms with Gasteiger partial charge in [0.15, 0.2) is 0 Å². The molecule has 1 nitrogen and oxygen atoms in total. The van der Waals surface area contributed by atoms with Crippen molar-refractivity contribution in [1.82, 2.24) is 5.32 Å². The number of rotatable bonds is 7. The minimum atomic E-state index is -2.72. The Morgan fingerprint density at radius 3 is 1.36 bits per heavy atom. The first-order chi connectivity index (χ1) is 12.2. The molecule has 0 aromatic heterocycles. The van der Waals surface area contributed by atoms with Crippen molar-refractivity contribution < 1.29 is 0 Å². The molecule has 0 heterocycles. The van der Waals surface area contributed by atoms with Crippen LogP contribution in [0.1, 0.15) is 6.92 Å². The van der Waals surface area contributed by atoms with Gasteiger partial charge in [0.25, 0.3) is 0 Å². The van der Waals surface area contributed by atoms with E-state index in [1.807, 2.05) is 0 Å². The molecular formula is C22H25BrNP. The van der Waals surface area contributed by atoms with E-state index in [1.165, 1.54) is 15.9 Å². The molecule has 0 saturated heterocycles. The van der Waals surface area contributed by atoms with E-state index in [9.17, 15) is 0 Å². The van der Waals surface area contributed by atoms with Gasteiger partial charge in [0.05, 0.1) is 0 Å². The normalized spacial score (nSPS) is 13.1. The maximum absolute atomic E-state index is 4.44. The molecule has 0 atom stereocenters. The standard InChI is InChI=1S/C22H25BrNP/c1-2-24-18-19-25(23,20-12-6-3-7-13-20,21-14-8-4-9-15-21)22-16-10-5-11-17-22/h3-17,24H,2,18-19H2,1H3. The van der Waals surface area contributed by atoms with Gasteiger partial charge in [-0.2, -0.15) is 0 Å². The Hall–Kier alpha value is -1.47. The summed E-state index contributed by atoms with van der Waals surface area (Å²) in [6, 6.07) is 32.8. The molecule has 0 unspecified atom stereocenters. The minimum absolute atomic E-state index is 0.970. The third-order valence-corrected chi connectivity index (χ3v) is 14.8. The molecule has 0 aliphatic heterocycles. The second-order valence-electron chi connectivity index (χ2n) is 6.27. The summed E-state index contributed by atoms with van der Waals surface area (Å²) in [6.45, 7) is 4.12. The molecule has 3 aromatic carbocycles. The number of hydrogen-bond acceptors (Lipinski definition) is 1. The summed E-state index contributed by atoms with van der Waals surface area (Å²) in [5.74, 6) is 0. The van der Waals surface area contributed by atoms with Gasteiger partial charge >= 0.3 is 159 Å². The Balaban J connectivity index is 2.32. The predicted molar refractivity (Wildman–Crippen MR) is 117 cm³/mol.